The normalized spacial score (nSPS) is 9.39. The van der Waals surface area contributed by atoms with Crippen LogP contribution in [0.5, 0.6) is 0 Å². The van der Waals surface area contributed by atoms with Gasteiger partial charge in [-0.05, 0) is 13.3 Å². The van der Waals surface area contributed by atoms with Crippen LogP contribution in [-0.4, -0.2) is 14.1 Å². The van der Waals surface area contributed by atoms with E-state index in [-0.39, 0.29) is 24.0 Å². The molecule has 0 amide bonds. The molecule has 0 spiro atoms. The molecule has 0 saturated heterocycles. The van der Waals surface area contributed by atoms with E-state index in [9.17, 15) is 0 Å². The van der Waals surface area contributed by atoms with Gasteiger partial charge in [0.2, 0.25) is 0 Å². The van der Waals surface area contributed by atoms with Gasteiger partial charge in [0.25, 0.3) is 5.82 Å². The van der Waals surface area contributed by atoms with E-state index in [0.29, 0.717) is 0 Å². The van der Waals surface area contributed by atoms with Crippen LogP contribution in [0.1, 0.15) is 25.0 Å². The zero-order chi connectivity index (χ0) is 12.8. The number of hydrogen-bond acceptors (Lipinski definition) is 1. The molecule has 2 rings (SSSR count). The van der Waals surface area contributed by atoms with Crippen LogP contribution in [0.4, 0.5) is 0 Å². The van der Waals surface area contributed by atoms with E-state index in [4.69, 9.17) is 0 Å². The SMILES string of the molecule is CCCn1cc[n+](C)c1C.Cc1nccn1C.[I-]. The molecular formula is C13H23IN4. The van der Waals surface area contributed by atoms with Crippen molar-refractivity contribution in [3.05, 3.63) is 36.4 Å². The summed E-state index contributed by atoms with van der Waals surface area (Å²) in [6.07, 6.45) is 9.13. The molecule has 4 nitrogen and oxygen atoms in total. The molecule has 0 aliphatic rings. The highest BCUT2D eigenvalue weighted by molar-refractivity contribution is 4.85. The van der Waals surface area contributed by atoms with Crippen LogP contribution >= 0.6 is 0 Å². The molecule has 0 radical (unpaired) electrons. The number of aryl methyl sites for hydroxylation is 4. The molecule has 0 aliphatic heterocycles. The Morgan fingerprint density at radius 3 is 2.22 bits per heavy atom. The third-order valence-electron chi connectivity index (χ3n) is 2.92. The lowest BCUT2D eigenvalue weighted by Gasteiger charge is -1.93. The second-order valence-electron chi connectivity index (χ2n) is 4.24. The zero-order valence-corrected chi connectivity index (χ0v) is 14.0. The highest BCUT2D eigenvalue weighted by Crippen LogP contribution is 1.93. The maximum atomic E-state index is 3.98. The fourth-order valence-corrected chi connectivity index (χ4v) is 1.52. The van der Waals surface area contributed by atoms with Crippen LogP contribution in [0.3, 0.4) is 0 Å². The maximum Gasteiger partial charge on any atom is 0.253 e. The molecule has 2 aromatic heterocycles. The van der Waals surface area contributed by atoms with Gasteiger partial charge in [-0.1, -0.05) is 6.92 Å². The highest BCUT2D eigenvalue weighted by Gasteiger charge is 2.05. The first-order valence-corrected chi connectivity index (χ1v) is 6.01. The Kier molecular flexibility index (Phi) is 7.90. The first-order chi connectivity index (χ1) is 8.06. The lowest BCUT2D eigenvalue weighted by Crippen LogP contribution is -3.00. The molecule has 2 heterocycles. The van der Waals surface area contributed by atoms with E-state index in [1.54, 1.807) is 6.20 Å². The topological polar surface area (TPSA) is 26.6 Å². The van der Waals surface area contributed by atoms with Gasteiger partial charge < -0.3 is 28.5 Å². The van der Waals surface area contributed by atoms with Crippen molar-refractivity contribution in [1.82, 2.24) is 14.1 Å². The maximum absolute atomic E-state index is 3.98. The van der Waals surface area contributed by atoms with Gasteiger partial charge in [-0.3, -0.25) is 0 Å². The van der Waals surface area contributed by atoms with Gasteiger partial charge in [0.1, 0.15) is 18.2 Å². The first-order valence-electron chi connectivity index (χ1n) is 6.01. The van der Waals surface area contributed by atoms with E-state index in [1.807, 2.05) is 24.7 Å². The van der Waals surface area contributed by atoms with Gasteiger partial charge in [0.05, 0.1) is 13.6 Å². The quantitative estimate of drug-likeness (QED) is 0.485. The summed E-state index contributed by atoms with van der Waals surface area (Å²) in [5.74, 6) is 2.38. The molecule has 0 saturated carbocycles. The number of rotatable bonds is 2. The molecule has 0 aromatic carbocycles. The lowest BCUT2D eigenvalue weighted by molar-refractivity contribution is -0.677. The standard InChI is InChI=1S/C8H15N2.C5H8N2.HI/c1-4-5-10-7-6-9(3)8(10)2;1-5-6-3-4-7(5)2;/h6-7H,4-5H2,1-3H3;3-4H,1-2H3;1H/q+1;;/p-1. The average molecular weight is 362 g/mol. The number of aromatic nitrogens is 4. The van der Waals surface area contributed by atoms with Gasteiger partial charge in [-0.15, -0.1) is 0 Å². The fourth-order valence-electron chi connectivity index (χ4n) is 1.52. The third kappa shape index (κ3) is 4.80. The summed E-state index contributed by atoms with van der Waals surface area (Å²) in [6, 6.07) is 0. The minimum Gasteiger partial charge on any atom is -1.00 e. The molecule has 0 bridgehead atoms. The molecule has 0 unspecified atom stereocenters. The van der Waals surface area contributed by atoms with E-state index in [2.05, 4.69) is 47.4 Å². The molecule has 5 heteroatoms. The summed E-state index contributed by atoms with van der Waals surface area (Å²) in [5, 5.41) is 0. The number of hydrogen-bond donors (Lipinski definition) is 0. The summed E-state index contributed by atoms with van der Waals surface area (Å²) in [4.78, 5) is 3.98. The minimum absolute atomic E-state index is 0. The molecule has 0 atom stereocenters. The van der Waals surface area contributed by atoms with Crippen molar-refractivity contribution in [3.8, 4) is 0 Å². The summed E-state index contributed by atoms with van der Waals surface area (Å²) < 4.78 is 6.37. The summed E-state index contributed by atoms with van der Waals surface area (Å²) in [5.41, 5.74) is 0. The molecule has 0 aliphatic carbocycles. The van der Waals surface area contributed by atoms with Crippen molar-refractivity contribution in [2.24, 2.45) is 14.1 Å². The Bertz CT molecular complexity index is 443. The van der Waals surface area contributed by atoms with Crippen LogP contribution in [0.15, 0.2) is 24.8 Å². The van der Waals surface area contributed by atoms with E-state index >= 15 is 0 Å². The van der Waals surface area contributed by atoms with Crippen LogP contribution in [0.25, 0.3) is 0 Å². The largest absolute Gasteiger partial charge is 1.00 e. The van der Waals surface area contributed by atoms with Crippen molar-refractivity contribution in [2.75, 3.05) is 0 Å². The number of halogens is 1. The Labute approximate surface area is 127 Å². The first kappa shape index (κ1) is 17.2. The smallest absolute Gasteiger partial charge is 0.253 e. The minimum atomic E-state index is 0. The van der Waals surface area contributed by atoms with E-state index < -0.39 is 0 Å². The van der Waals surface area contributed by atoms with Crippen LogP contribution < -0.4 is 28.5 Å². The van der Waals surface area contributed by atoms with Crippen LogP contribution in [0.2, 0.25) is 0 Å². The average Bonchev–Trinajstić information content (AvgIpc) is 2.81. The molecule has 0 N–H and O–H groups in total. The van der Waals surface area contributed by atoms with Crippen molar-refractivity contribution >= 4 is 0 Å². The van der Waals surface area contributed by atoms with Gasteiger partial charge in [0, 0.05) is 26.4 Å². The van der Waals surface area contributed by atoms with Crippen molar-refractivity contribution in [3.63, 3.8) is 0 Å². The lowest BCUT2D eigenvalue weighted by atomic mass is 10.5. The summed E-state index contributed by atoms with van der Waals surface area (Å²) >= 11 is 0. The van der Waals surface area contributed by atoms with Crippen LogP contribution in [-0.2, 0) is 20.6 Å². The summed E-state index contributed by atoms with van der Waals surface area (Å²) in [6.45, 7) is 7.43. The second-order valence-corrected chi connectivity index (χ2v) is 4.24. The van der Waals surface area contributed by atoms with Gasteiger partial charge >= 0.3 is 0 Å². The fraction of sp³-hybridized carbons (Fsp3) is 0.538. The highest BCUT2D eigenvalue weighted by atomic mass is 127. The molecule has 0 fully saturated rings. The predicted octanol–water partition coefficient (Wildman–Crippen LogP) is -1.24. The van der Waals surface area contributed by atoms with Crippen molar-refractivity contribution in [2.45, 2.75) is 33.7 Å². The Balaban J connectivity index is 0.000000321. The van der Waals surface area contributed by atoms with Crippen molar-refractivity contribution in [1.29, 1.82) is 0 Å². The molecular weight excluding hydrogens is 339 g/mol. The Hall–Kier alpha value is -0.850. The number of imidazole rings is 2. The molecule has 2 aromatic rings. The predicted molar refractivity (Wildman–Crippen MR) is 68.6 cm³/mol. The molecule has 18 heavy (non-hydrogen) atoms. The van der Waals surface area contributed by atoms with Crippen molar-refractivity contribution < 1.29 is 28.5 Å². The second kappa shape index (κ2) is 8.29. The summed E-state index contributed by atoms with van der Waals surface area (Å²) in [7, 11) is 4.05. The van der Waals surface area contributed by atoms with Gasteiger partial charge in [0.15, 0.2) is 0 Å². The molecule has 102 valence electrons. The zero-order valence-electron chi connectivity index (χ0n) is 11.9. The third-order valence-corrected chi connectivity index (χ3v) is 2.92. The number of nitrogens with zero attached hydrogens (tertiary/aromatic N) is 4. The van der Waals surface area contributed by atoms with Gasteiger partial charge in [-0.25, -0.2) is 14.1 Å². The van der Waals surface area contributed by atoms with Gasteiger partial charge in [-0.2, -0.15) is 0 Å². The monoisotopic (exact) mass is 362 g/mol. The Morgan fingerprint density at radius 1 is 1.28 bits per heavy atom. The van der Waals surface area contributed by atoms with E-state index in [1.165, 1.54) is 12.2 Å². The van der Waals surface area contributed by atoms with E-state index in [0.717, 1.165) is 12.4 Å². The Morgan fingerprint density at radius 2 is 1.94 bits per heavy atom. The van der Waals surface area contributed by atoms with Crippen LogP contribution in [0, 0.1) is 13.8 Å².